The minimum absolute atomic E-state index is 0. The van der Waals surface area contributed by atoms with Crippen LogP contribution in [0, 0.1) is 29.0 Å². The summed E-state index contributed by atoms with van der Waals surface area (Å²) in [6.07, 6.45) is 5.59. The van der Waals surface area contributed by atoms with E-state index in [0.717, 1.165) is 63.7 Å². The first-order chi connectivity index (χ1) is 17.3. The van der Waals surface area contributed by atoms with Crippen molar-refractivity contribution in [3.63, 3.8) is 0 Å². The normalized spacial score (nSPS) is 15.9. The lowest BCUT2D eigenvalue weighted by Gasteiger charge is -2.33. The highest BCUT2D eigenvalue weighted by atomic mass is 35.5. The number of rotatable bonds is 12. The molecule has 1 heterocycles. The molecule has 1 fully saturated rings. The van der Waals surface area contributed by atoms with E-state index in [9.17, 15) is 14.4 Å². The third-order valence-corrected chi connectivity index (χ3v) is 7.72. The fourth-order valence-electron chi connectivity index (χ4n) is 5.31. The van der Waals surface area contributed by atoms with Gasteiger partial charge in [-0.2, -0.15) is 5.26 Å². The van der Waals surface area contributed by atoms with E-state index in [1.54, 1.807) is 26.4 Å². The monoisotopic (exact) mass is 530 g/mol. The molecular formula is C30H40ClFN2O3. The quantitative estimate of drug-likeness (QED) is 0.222. The SMILES string of the molecule is COc1ccc(C(C#N)(CCCCCN2CCC(C(=O)c3ccc(F)cc3)CC2)C(C)C)cc1OC.Cl. The number of Topliss-reactive ketones (excluding diaryl/α,β-unsaturated/α-hetero) is 1. The Balaban J connectivity index is 0.00000481. The molecule has 1 atom stereocenters. The van der Waals surface area contributed by atoms with Gasteiger partial charge in [0.1, 0.15) is 5.82 Å². The van der Waals surface area contributed by atoms with E-state index in [4.69, 9.17) is 9.47 Å². The Kier molecular flexibility index (Phi) is 11.9. The van der Waals surface area contributed by atoms with Crippen molar-refractivity contribution >= 4 is 18.2 Å². The van der Waals surface area contributed by atoms with Crippen molar-refractivity contribution in [3.05, 3.63) is 59.4 Å². The maximum absolute atomic E-state index is 13.1. The summed E-state index contributed by atoms with van der Waals surface area (Å²) in [5.41, 5.74) is 1.01. The van der Waals surface area contributed by atoms with Crippen LogP contribution < -0.4 is 9.47 Å². The predicted octanol–water partition coefficient (Wildman–Crippen LogP) is 6.84. The average molecular weight is 531 g/mol. The maximum atomic E-state index is 13.1. The topological polar surface area (TPSA) is 62.6 Å². The maximum Gasteiger partial charge on any atom is 0.166 e. The van der Waals surface area contributed by atoms with E-state index < -0.39 is 5.41 Å². The van der Waals surface area contributed by atoms with Crippen LogP contribution in [0.5, 0.6) is 11.5 Å². The van der Waals surface area contributed by atoms with Crippen molar-refractivity contribution in [2.45, 2.75) is 57.8 Å². The molecule has 1 aliphatic heterocycles. The van der Waals surface area contributed by atoms with E-state index in [1.165, 1.54) is 12.1 Å². The lowest BCUT2D eigenvalue weighted by molar-refractivity contribution is 0.0838. The number of hydrogen-bond acceptors (Lipinski definition) is 5. The van der Waals surface area contributed by atoms with E-state index >= 15 is 0 Å². The third-order valence-electron chi connectivity index (χ3n) is 7.72. The van der Waals surface area contributed by atoms with Gasteiger partial charge in [-0.1, -0.05) is 32.8 Å². The van der Waals surface area contributed by atoms with Crippen molar-refractivity contribution in [1.82, 2.24) is 4.90 Å². The molecule has 2 aromatic carbocycles. The Bertz CT molecular complexity index is 1050. The van der Waals surface area contributed by atoms with Crippen molar-refractivity contribution in [2.24, 2.45) is 11.8 Å². The Hall–Kier alpha value is -2.62. The molecule has 1 unspecified atom stereocenters. The number of benzene rings is 2. The number of carbonyl (C=O) groups excluding carboxylic acids is 1. The number of methoxy groups -OCH3 is 2. The number of ether oxygens (including phenoxy) is 2. The minimum atomic E-state index is -0.571. The average Bonchev–Trinajstić information content (AvgIpc) is 2.90. The largest absolute Gasteiger partial charge is 0.493 e. The van der Waals surface area contributed by atoms with Crippen LogP contribution in [0.3, 0.4) is 0 Å². The number of halogens is 2. The highest BCUT2D eigenvalue weighted by Gasteiger charge is 2.36. The first-order valence-corrected chi connectivity index (χ1v) is 13.0. The summed E-state index contributed by atoms with van der Waals surface area (Å²) >= 11 is 0. The summed E-state index contributed by atoms with van der Waals surface area (Å²) in [6.45, 7) is 7.05. The molecular weight excluding hydrogens is 491 g/mol. The number of hydrogen-bond donors (Lipinski definition) is 0. The molecule has 0 saturated carbocycles. The molecule has 7 heteroatoms. The predicted molar refractivity (Wildman–Crippen MR) is 147 cm³/mol. The molecule has 1 saturated heterocycles. The van der Waals surface area contributed by atoms with Gasteiger partial charge in [0.25, 0.3) is 0 Å². The lowest BCUT2D eigenvalue weighted by atomic mass is 9.69. The molecule has 202 valence electrons. The fraction of sp³-hybridized carbons (Fsp3) is 0.533. The van der Waals surface area contributed by atoms with Crippen LogP contribution in [0.25, 0.3) is 0 Å². The minimum Gasteiger partial charge on any atom is -0.493 e. The Morgan fingerprint density at radius 2 is 1.70 bits per heavy atom. The second-order valence-electron chi connectivity index (χ2n) is 10.1. The lowest BCUT2D eigenvalue weighted by Crippen LogP contribution is -2.37. The van der Waals surface area contributed by atoms with E-state index in [1.807, 2.05) is 18.2 Å². The van der Waals surface area contributed by atoms with Gasteiger partial charge in [-0.3, -0.25) is 4.79 Å². The summed E-state index contributed by atoms with van der Waals surface area (Å²) in [5.74, 6) is 1.32. The van der Waals surface area contributed by atoms with Gasteiger partial charge in [-0.25, -0.2) is 4.39 Å². The molecule has 0 amide bonds. The zero-order valence-electron chi connectivity index (χ0n) is 22.5. The van der Waals surface area contributed by atoms with Crippen molar-refractivity contribution in [3.8, 4) is 17.6 Å². The molecule has 0 spiro atoms. The molecule has 1 aliphatic rings. The number of carbonyl (C=O) groups is 1. The molecule has 0 aliphatic carbocycles. The number of likely N-dealkylation sites (tertiary alicyclic amines) is 1. The molecule has 37 heavy (non-hydrogen) atoms. The number of piperidine rings is 1. The number of nitriles is 1. The zero-order valence-corrected chi connectivity index (χ0v) is 23.3. The molecule has 2 aromatic rings. The summed E-state index contributed by atoms with van der Waals surface area (Å²) < 4.78 is 24.0. The van der Waals surface area contributed by atoms with Crippen LogP contribution >= 0.6 is 12.4 Å². The first-order valence-electron chi connectivity index (χ1n) is 13.0. The van der Waals surface area contributed by atoms with Gasteiger partial charge in [0, 0.05) is 11.5 Å². The van der Waals surface area contributed by atoms with Gasteiger partial charge in [0.05, 0.1) is 25.7 Å². The standard InChI is InChI=1S/C30H39FN2O3.ClH/c1-22(2)30(21-32,25-10-13-27(35-3)28(20-25)36-4)16-6-5-7-17-33-18-14-24(15-19-33)29(34)23-8-11-26(31)12-9-23;/h8-13,20,22,24H,5-7,14-19H2,1-4H3;1H. The number of nitrogens with zero attached hydrogens (tertiary/aromatic N) is 2. The second-order valence-corrected chi connectivity index (χ2v) is 10.1. The van der Waals surface area contributed by atoms with Gasteiger partial charge in [-0.15, -0.1) is 12.4 Å². The molecule has 0 aromatic heterocycles. The van der Waals surface area contributed by atoms with E-state index in [-0.39, 0.29) is 35.8 Å². The van der Waals surface area contributed by atoms with Crippen LogP contribution in [0.4, 0.5) is 4.39 Å². The smallest absolute Gasteiger partial charge is 0.166 e. The first kappa shape index (κ1) is 30.6. The molecule has 0 radical (unpaired) electrons. The van der Waals surface area contributed by atoms with Gasteiger partial charge in [0.2, 0.25) is 0 Å². The Morgan fingerprint density at radius 1 is 1.05 bits per heavy atom. The van der Waals surface area contributed by atoms with Gasteiger partial charge >= 0.3 is 0 Å². The van der Waals surface area contributed by atoms with Crippen molar-refractivity contribution in [2.75, 3.05) is 33.9 Å². The molecule has 0 bridgehead atoms. The van der Waals surface area contributed by atoms with Crippen molar-refractivity contribution in [1.29, 1.82) is 5.26 Å². The second kappa shape index (κ2) is 14.4. The molecule has 0 N–H and O–H groups in total. The van der Waals surface area contributed by atoms with Gasteiger partial charge in [-0.05, 0) is 93.2 Å². The van der Waals surface area contributed by atoms with Crippen LogP contribution in [0.15, 0.2) is 42.5 Å². The van der Waals surface area contributed by atoms with Crippen molar-refractivity contribution < 1.29 is 18.7 Å². The molecule has 3 rings (SSSR count). The van der Waals surface area contributed by atoms with Crippen LogP contribution in [0.1, 0.15) is 68.3 Å². The highest BCUT2D eigenvalue weighted by Crippen LogP contribution is 2.40. The van der Waals surface area contributed by atoms with Gasteiger partial charge in [0.15, 0.2) is 17.3 Å². The summed E-state index contributed by atoms with van der Waals surface area (Å²) in [4.78, 5) is 15.1. The van der Waals surface area contributed by atoms with E-state index in [0.29, 0.717) is 17.1 Å². The van der Waals surface area contributed by atoms with Crippen LogP contribution in [-0.4, -0.2) is 44.5 Å². The third kappa shape index (κ3) is 7.46. The van der Waals surface area contributed by atoms with Gasteiger partial charge < -0.3 is 14.4 Å². The number of unbranched alkanes of at least 4 members (excludes halogenated alkanes) is 2. The number of ketones is 1. The van der Waals surface area contributed by atoms with Crippen LogP contribution in [-0.2, 0) is 5.41 Å². The summed E-state index contributed by atoms with van der Waals surface area (Å²) in [5, 5.41) is 10.2. The Morgan fingerprint density at radius 3 is 2.27 bits per heavy atom. The summed E-state index contributed by atoms with van der Waals surface area (Å²) in [6, 6.07) is 14.3. The Labute approximate surface area is 227 Å². The molecule has 5 nitrogen and oxygen atoms in total. The van der Waals surface area contributed by atoms with E-state index in [2.05, 4.69) is 24.8 Å². The zero-order chi connectivity index (χ0) is 26.1. The summed E-state index contributed by atoms with van der Waals surface area (Å²) in [7, 11) is 3.23. The van der Waals surface area contributed by atoms with Crippen LogP contribution in [0.2, 0.25) is 0 Å². The fourth-order valence-corrected chi connectivity index (χ4v) is 5.31. The highest BCUT2D eigenvalue weighted by molar-refractivity contribution is 5.97.